The van der Waals surface area contributed by atoms with Crippen LogP contribution in [-0.4, -0.2) is 74.0 Å². The molecular weight excluding hydrogens is 492 g/mol. The summed E-state index contributed by atoms with van der Waals surface area (Å²) < 4.78 is 5.45. The van der Waals surface area contributed by atoms with Crippen molar-refractivity contribution in [3.63, 3.8) is 0 Å². The molecule has 2 aromatic carbocycles. The SMILES string of the molecule is CN1CCN=C1c1ccc(C(=O)Nc2ccc(N3CCOCC3)cc2C(=O)Nc2ccc(Cl)cn2)cc1. The number of amidine groups is 1. The number of nitrogens with zero attached hydrogens (tertiary/aromatic N) is 4. The first-order valence-electron chi connectivity index (χ1n) is 12.0. The monoisotopic (exact) mass is 518 g/mol. The van der Waals surface area contributed by atoms with Gasteiger partial charge in [0.25, 0.3) is 11.8 Å². The molecule has 37 heavy (non-hydrogen) atoms. The predicted octanol–water partition coefficient (Wildman–Crippen LogP) is 3.77. The lowest BCUT2D eigenvalue weighted by Crippen LogP contribution is -2.36. The summed E-state index contributed by atoms with van der Waals surface area (Å²) >= 11 is 5.92. The molecule has 5 rings (SSSR count). The lowest BCUT2D eigenvalue weighted by Gasteiger charge is -2.29. The van der Waals surface area contributed by atoms with Crippen molar-refractivity contribution in [1.29, 1.82) is 0 Å². The fourth-order valence-corrected chi connectivity index (χ4v) is 4.40. The molecule has 0 saturated carbocycles. The zero-order valence-corrected chi connectivity index (χ0v) is 21.2. The zero-order chi connectivity index (χ0) is 25.8. The number of aromatic nitrogens is 1. The zero-order valence-electron chi connectivity index (χ0n) is 20.4. The first-order valence-corrected chi connectivity index (χ1v) is 12.4. The van der Waals surface area contributed by atoms with E-state index in [2.05, 4.69) is 30.4 Å². The van der Waals surface area contributed by atoms with Crippen LogP contribution in [0.25, 0.3) is 0 Å². The van der Waals surface area contributed by atoms with Crippen LogP contribution in [0.2, 0.25) is 5.02 Å². The number of benzene rings is 2. The van der Waals surface area contributed by atoms with Crippen molar-refractivity contribution in [2.24, 2.45) is 4.99 Å². The summed E-state index contributed by atoms with van der Waals surface area (Å²) in [6, 6.07) is 16.0. The number of hydrogen-bond donors (Lipinski definition) is 2. The summed E-state index contributed by atoms with van der Waals surface area (Å²) in [6.07, 6.45) is 1.46. The van der Waals surface area contributed by atoms with Gasteiger partial charge in [-0.15, -0.1) is 0 Å². The van der Waals surface area contributed by atoms with E-state index in [9.17, 15) is 9.59 Å². The van der Waals surface area contributed by atoms with Gasteiger partial charge in [0.1, 0.15) is 11.7 Å². The van der Waals surface area contributed by atoms with Crippen molar-refractivity contribution >= 4 is 46.4 Å². The first-order chi connectivity index (χ1) is 18.0. The van der Waals surface area contributed by atoms with E-state index >= 15 is 0 Å². The molecule has 0 unspecified atom stereocenters. The maximum absolute atomic E-state index is 13.3. The number of rotatable bonds is 6. The first kappa shape index (κ1) is 24.7. The summed E-state index contributed by atoms with van der Waals surface area (Å²) in [5, 5.41) is 6.17. The van der Waals surface area contributed by atoms with Gasteiger partial charge in [-0.05, 0) is 42.5 Å². The molecule has 0 atom stereocenters. The molecule has 1 aromatic heterocycles. The number of aliphatic imine (C=N–C) groups is 1. The Kier molecular flexibility index (Phi) is 7.34. The number of likely N-dealkylation sites (N-methyl/N-ethyl adjacent to an activating group) is 1. The van der Waals surface area contributed by atoms with Crippen LogP contribution in [0.3, 0.4) is 0 Å². The maximum Gasteiger partial charge on any atom is 0.259 e. The van der Waals surface area contributed by atoms with Gasteiger partial charge in [-0.25, -0.2) is 4.98 Å². The second-order valence-corrected chi connectivity index (χ2v) is 9.24. The van der Waals surface area contributed by atoms with Crippen molar-refractivity contribution in [1.82, 2.24) is 9.88 Å². The number of morpholine rings is 1. The van der Waals surface area contributed by atoms with Gasteiger partial charge in [-0.1, -0.05) is 23.7 Å². The second-order valence-electron chi connectivity index (χ2n) is 8.80. The average Bonchev–Trinajstić information content (AvgIpc) is 3.36. The standard InChI is InChI=1S/C27H27ClN6O3/c1-33-11-10-29-25(33)18-2-4-19(5-3-18)26(35)31-23-8-7-21(34-12-14-37-15-13-34)16-22(23)27(36)32-24-9-6-20(28)17-30-24/h2-9,16-17H,10-15H2,1H3,(H,31,35)(H,30,32,36). The summed E-state index contributed by atoms with van der Waals surface area (Å²) in [4.78, 5) is 39.3. The van der Waals surface area contributed by atoms with Crippen molar-refractivity contribution in [2.45, 2.75) is 0 Å². The molecule has 0 aliphatic carbocycles. The van der Waals surface area contributed by atoms with Crippen molar-refractivity contribution in [3.8, 4) is 0 Å². The Morgan fingerprint density at radius 2 is 1.73 bits per heavy atom. The van der Waals surface area contributed by atoms with E-state index in [1.165, 1.54) is 6.20 Å². The molecule has 10 heteroatoms. The molecule has 9 nitrogen and oxygen atoms in total. The highest BCUT2D eigenvalue weighted by Gasteiger charge is 2.20. The Hall–Kier alpha value is -3.95. The van der Waals surface area contributed by atoms with E-state index in [1.807, 2.05) is 25.2 Å². The van der Waals surface area contributed by atoms with Crippen molar-refractivity contribution < 1.29 is 14.3 Å². The second kappa shape index (κ2) is 11.0. The molecule has 0 bridgehead atoms. The van der Waals surface area contributed by atoms with E-state index in [-0.39, 0.29) is 5.91 Å². The minimum atomic E-state index is -0.391. The number of hydrogen-bond acceptors (Lipinski definition) is 7. The number of carbonyl (C=O) groups is 2. The summed E-state index contributed by atoms with van der Waals surface area (Å²) in [5.41, 5.74) is 3.04. The molecule has 3 aromatic rings. The van der Waals surface area contributed by atoms with Gasteiger partial charge >= 0.3 is 0 Å². The van der Waals surface area contributed by atoms with Gasteiger partial charge in [0.05, 0.1) is 36.0 Å². The molecule has 2 amide bonds. The molecular formula is C27H27ClN6O3. The van der Waals surface area contributed by atoms with Gasteiger partial charge in [0, 0.05) is 49.7 Å². The van der Waals surface area contributed by atoms with E-state index < -0.39 is 5.91 Å². The van der Waals surface area contributed by atoms with Crippen LogP contribution in [-0.2, 0) is 4.74 Å². The number of anilines is 3. The maximum atomic E-state index is 13.3. The van der Waals surface area contributed by atoms with Crippen LogP contribution in [0.4, 0.5) is 17.2 Å². The third kappa shape index (κ3) is 5.73. The van der Waals surface area contributed by atoms with E-state index in [4.69, 9.17) is 16.3 Å². The molecule has 0 radical (unpaired) electrons. The average molecular weight is 519 g/mol. The van der Waals surface area contributed by atoms with Crippen LogP contribution in [0.1, 0.15) is 26.3 Å². The highest BCUT2D eigenvalue weighted by molar-refractivity contribution is 6.30. The fraction of sp³-hybridized carbons (Fsp3) is 0.259. The normalized spacial score (nSPS) is 15.4. The lowest BCUT2D eigenvalue weighted by molar-refractivity contribution is 0.102. The van der Waals surface area contributed by atoms with Gasteiger partial charge in [-0.3, -0.25) is 14.6 Å². The third-order valence-corrected chi connectivity index (χ3v) is 6.53. The van der Waals surface area contributed by atoms with Crippen molar-refractivity contribution in [3.05, 3.63) is 82.5 Å². The van der Waals surface area contributed by atoms with E-state index in [0.717, 1.165) is 43.3 Å². The van der Waals surface area contributed by atoms with E-state index in [1.54, 1.807) is 36.4 Å². The molecule has 2 N–H and O–H groups in total. The third-order valence-electron chi connectivity index (χ3n) is 6.31. The Labute approximate surface area is 220 Å². The molecule has 2 aliphatic heterocycles. The number of pyridine rings is 1. The molecule has 1 fully saturated rings. The number of nitrogens with one attached hydrogen (secondary N) is 2. The van der Waals surface area contributed by atoms with Crippen LogP contribution in [0, 0.1) is 0 Å². The largest absolute Gasteiger partial charge is 0.378 e. The summed E-state index contributed by atoms with van der Waals surface area (Å²) in [5.74, 6) is 0.572. The Balaban J connectivity index is 1.39. The van der Waals surface area contributed by atoms with Crippen LogP contribution in [0.5, 0.6) is 0 Å². The number of halogens is 1. The van der Waals surface area contributed by atoms with E-state index in [0.29, 0.717) is 40.9 Å². The van der Waals surface area contributed by atoms with Gasteiger partial charge in [0.15, 0.2) is 0 Å². The lowest BCUT2D eigenvalue weighted by atomic mass is 10.1. The quantitative estimate of drug-likeness (QED) is 0.515. The smallest absolute Gasteiger partial charge is 0.259 e. The predicted molar refractivity (Wildman–Crippen MR) is 145 cm³/mol. The number of ether oxygens (including phenoxy) is 1. The highest BCUT2D eigenvalue weighted by Crippen LogP contribution is 2.26. The van der Waals surface area contributed by atoms with Gasteiger partial charge < -0.3 is 25.2 Å². The Morgan fingerprint density at radius 3 is 2.41 bits per heavy atom. The topological polar surface area (TPSA) is 99.2 Å². The van der Waals surface area contributed by atoms with Crippen molar-refractivity contribution in [2.75, 3.05) is 62.0 Å². The molecule has 190 valence electrons. The Morgan fingerprint density at radius 1 is 0.946 bits per heavy atom. The van der Waals surface area contributed by atoms with Gasteiger partial charge in [-0.2, -0.15) is 0 Å². The minimum Gasteiger partial charge on any atom is -0.378 e. The summed E-state index contributed by atoms with van der Waals surface area (Å²) in [7, 11) is 2.00. The van der Waals surface area contributed by atoms with Gasteiger partial charge in [0.2, 0.25) is 0 Å². The van der Waals surface area contributed by atoms with Crippen LogP contribution >= 0.6 is 11.6 Å². The fourth-order valence-electron chi connectivity index (χ4n) is 4.29. The highest BCUT2D eigenvalue weighted by atomic mass is 35.5. The minimum absolute atomic E-state index is 0.314. The molecule has 0 spiro atoms. The van der Waals surface area contributed by atoms with Crippen LogP contribution in [0.15, 0.2) is 65.8 Å². The Bertz CT molecular complexity index is 1320. The van der Waals surface area contributed by atoms with Crippen LogP contribution < -0.4 is 15.5 Å². The number of carbonyl (C=O) groups excluding carboxylic acids is 2. The molecule has 2 aliphatic rings. The molecule has 1 saturated heterocycles. The number of amides is 2. The summed E-state index contributed by atoms with van der Waals surface area (Å²) in [6.45, 7) is 4.33. The molecule has 3 heterocycles.